The second kappa shape index (κ2) is 8.51. The van der Waals surface area contributed by atoms with E-state index in [1.165, 1.54) is 24.3 Å². The Balaban J connectivity index is 1.76. The number of anilines is 2. The second-order valence-corrected chi connectivity index (χ2v) is 7.80. The highest BCUT2D eigenvalue weighted by atomic mass is 16.3. The number of carbonyl (C=O) groups excluding carboxylic acids is 2. The van der Waals surface area contributed by atoms with Crippen LogP contribution in [0.15, 0.2) is 72.8 Å². The zero-order chi connectivity index (χ0) is 24.6. The summed E-state index contributed by atoms with van der Waals surface area (Å²) in [6, 6.07) is 19.0. The molecule has 8 nitrogen and oxygen atoms in total. The summed E-state index contributed by atoms with van der Waals surface area (Å²) in [7, 11) is 0. The smallest absolute Gasteiger partial charge is 0.249 e. The second-order valence-electron chi connectivity index (χ2n) is 7.80. The van der Waals surface area contributed by atoms with Gasteiger partial charge in [-0.1, -0.05) is 24.3 Å². The van der Waals surface area contributed by atoms with E-state index in [1.807, 2.05) is 0 Å². The van der Waals surface area contributed by atoms with E-state index in [0.717, 1.165) is 0 Å². The Morgan fingerprint density at radius 1 is 0.529 bits per heavy atom. The number of phenolic OH excluding ortho intramolecular Hbond substituents is 2. The third-order valence-electron chi connectivity index (χ3n) is 5.53. The van der Waals surface area contributed by atoms with E-state index in [2.05, 4.69) is 0 Å². The van der Waals surface area contributed by atoms with Crippen molar-refractivity contribution < 1.29 is 19.8 Å². The number of nitrogen functional groups attached to an aromatic ring is 2. The van der Waals surface area contributed by atoms with E-state index < -0.39 is 11.8 Å². The summed E-state index contributed by atoms with van der Waals surface area (Å²) in [4.78, 5) is 23.6. The summed E-state index contributed by atoms with van der Waals surface area (Å²) in [6.07, 6.45) is 0. The van der Waals surface area contributed by atoms with E-state index in [4.69, 9.17) is 22.9 Å². The van der Waals surface area contributed by atoms with Gasteiger partial charge in [-0.2, -0.15) is 0 Å². The molecule has 8 heteroatoms. The van der Waals surface area contributed by atoms with Gasteiger partial charge in [0.05, 0.1) is 0 Å². The largest absolute Gasteiger partial charge is 0.507 e. The third kappa shape index (κ3) is 4.07. The number of benzene rings is 4. The summed E-state index contributed by atoms with van der Waals surface area (Å²) in [5.74, 6) is -1.48. The van der Waals surface area contributed by atoms with Crippen LogP contribution >= 0.6 is 0 Å². The first-order valence-corrected chi connectivity index (χ1v) is 10.2. The first-order valence-electron chi connectivity index (χ1n) is 10.2. The number of primary amides is 2. The number of amides is 2. The Kier molecular flexibility index (Phi) is 5.56. The van der Waals surface area contributed by atoms with Crippen LogP contribution in [-0.2, 0) is 0 Å². The normalized spacial score (nSPS) is 10.7. The molecule has 4 aromatic rings. The number of hydrogen-bond donors (Lipinski definition) is 6. The quantitative estimate of drug-likeness (QED) is 0.251. The van der Waals surface area contributed by atoms with Crippen molar-refractivity contribution in [2.24, 2.45) is 11.5 Å². The Bertz CT molecular complexity index is 1350. The highest BCUT2D eigenvalue weighted by Gasteiger charge is 2.17. The molecule has 0 unspecified atom stereocenters. The van der Waals surface area contributed by atoms with Gasteiger partial charge >= 0.3 is 0 Å². The predicted molar refractivity (Wildman–Crippen MR) is 132 cm³/mol. The fourth-order valence-corrected chi connectivity index (χ4v) is 3.88. The van der Waals surface area contributed by atoms with Crippen LogP contribution in [0.4, 0.5) is 11.4 Å². The Labute approximate surface area is 195 Å². The van der Waals surface area contributed by atoms with Gasteiger partial charge < -0.3 is 33.1 Å². The monoisotopic (exact) mass is 454 g/mol. The first-order chi connectivity index (χ1) is 16.2. The van der Waals surface area contributed by atoms with Crippen molar-refractivity contribution in [3.8, 4) is 44.9 Å². The van der Waals surface area contributed by atoms with Crippen molar-refractivity contribution >= 4 is 23.2 Å². The average molecular weight is 454 g/mol. The maximum absolute atomic E-state index is 11.8. The minimum Gasteiger partial charge on any atom is -0.507 e. The number of hydrogen-bond acceptors (Lipinski definition) is 6. The lowest BCUT2D eigenvalue weighted by Gasteiger charge is -2.13. The number of phenols is 2. The van der Waals surface area contributed by atoms with Crippen molar-refractivity contribution in [2.75, 3.05) is 11.5 Å². The van der Waals surface area contributed by atoms with E-state index in [0.29, 0.717) is 44.8 Å². The van der Waals surface area contributed by atoms with Gasteiger partial charge in [-0.3, -0.25) is 9.59 Å². The number of rotatable bonds is 5. The third-order valence-corrected chi connectivity index (χ3v) is 5.53. The summed E-state index contributed by atoms with van der Waals surface area (Å²) in [6.45, 7) is 0. The highest BCUT2D eigenvalue weighted by Crippen LogP contribution is 2.39. The average Bonchev–Trinajstić information content (AvgIpc) is 2.78. The van der Waals surface area contributed by atoms with Crippen LogP contribution in [0.3, 0.4) is 0 Å². The number of nitrogens with two attached hydrogens (primary N) is 4. The molecule has 4 aromatic carbocycles. The zero-order valence-corrected chi connectivity index (χ0v) is 17.9. The maximum atomic E-state index is 11.8. The van der Waals surface area contributed by atoms with Crippen LogP contribution < -0.4 is 22.9 Å². The molecule has 2 amide bonds. The molecular weight excluding hydrogens is 432 g/mol. The minimum atomic E-state index is -0.643. The van der Waals surface area contributed by atoms with E-state index in [9.17, 15) is 19.8 Å². The van der Waals surface area contributed by atoms with Crippen molar-refractivity contribution in [3.63, 3.8) is 0 Å². The van der Waals surface area contributed by atoms with Gasteiger partial charge in [0, 0.05) is 44.8 Å². The molecule has 4 rings (SSSR count). The predicted octanol–water partition coefficient (Wildman–Crippen LogP) is 3.46. The molecule has 0 spiro atoms. The van der Waals surface area contributed by atoms with Crippen LogP contribution in [0.2, 0.25) is 0 Å². The topological polar surface area (TPSA) is 179 Å². The Morgan fingerprint density at radius 2 is 0.912 bits per heavy atom. The molecule has 0 fully saturated rings. The molecule has 0 aliphatic heterocycles. The van der Waals surface area contributed by atoms with Crippen LogP contribution in [0, 0.1) is 0 Å². The minimum absolute atomic E-state index is 0.0963. The van der Waals surface area contributed by atoms with Gasteiger partial charge in [-0.25, -0.2) is 0 Å². The first kappa shape index (κ1) is 22.2. The van der Waals surface area contributed by atoms with Gasteiger partial charge in [-0.15, -0.1) is 0 Å². The van der Waals surface area contributed by atoms with Gasteiger partial charge in [0.15, 0.2) is 0 Å². The lowest BCUT2D eigenvalue weighted by atomic mass is 9.93. The van der Waals surface area contributed by atoms with Crippen LogP contribution in [0.1, 0.15) is 20.7 Å². The van der Waals surface area contributed by atoms with Crippen LogP contribution in [0.25, 0.3) is 33.4 Å². The van der Waals surface area contributed by atoms with Crippen LogP contribution in [-0.4, -0.2) is 22.0 Å². The van der Waals surface area contributed by atoms with E-state index in [1.54, 1.807) is 48.5 Å². The molecule has 0 heterocycles. The van der Waals surface area contributed by atoms with E-state index in [-0.39, 0.29) is 22.6 Å². The molecule has 0 bridgehead atoms. The van der Waals surface area contributed by atoms with Gasteiger partial charge in [-0.05, 0) is 59.7 Å². The molecule has 34 heavy (non-hydrogen) atoms. The number of aromatic hydroxyl groups is 2. The lowest BCUT2D eigenvalue weighted by Crippen LogP contribution is -2.12. The molecule has 0 saturated carbocycles. The molecule has 170 valence electrons. The Morgan fingerprint density at radius 3 is 1.24 bits per heavy atom. The van der Waals surface area contributed by atoms with Crippen molar-refractivity contribution in [1.29, 1.82) is 0 Å². The van der Waals surface area contributed by atoms with Crippen molar-refractivity contribution in [2.45, 2.75) is 0 Å². The molecule has 0 aliphatic carbocycles. The molecule has 0 aromatic heterocycles. The molecule has 0 atom stereocenters. The van der Waals surface area contributed by atoms with Crippen molar-refractivity contribution in [3.05, 3.63) is 83.9 Å². The molecular formula is C26H22N4O4. The summed E-state index contributed by atoms with van der Waals surface area (Å²) >= 11 is 0. The van der Waals surface area contributed by atoms with Crippen molar-refractivity contribution in [1.82, 2.24) is 0 Å². The molecule has 0 aliphatic rings. The molecule has 0 saturated heterocycles. The van der Waals surface area contributed by atoms with Gasteiger partial charge in [0.2, 0.25) is 11.8 Å². The highest BCUT2D eigenvalue weighted by molar-refractivity contribution is 6.02. The lowest BCUT2D eigenvalue weighted by molar-refractivity contribution is 0.0992. The fourth-order valence-electron chi connectivity index (χ4n) is 3.88. The Hall–Kier alpha value is -4.98. The molecule has 10 N–H and O–H groups in total. The molecule has 0 radical (unpaired) electrons. The summed E-state index contributed by atoms with van der Waals surface area (Å²) in [5.41, 5.74) is 26.7. The van der Waals surface area contributed by atoms with Crippen LogP contribution in [0.5, 0.6) is 11.5 Å². The SMILES string of the molecule is NC(=O)c1ccc(N)cc1-c1ccc(-c2ccc(-c3cc(N)ccc3C(N)=O)c(O)c2)cc1O. The summed E-state index contributed by atoms with van der Waals surface area (Å²) < 4.78 is 0. The maximum Gasteiger partial charge on any atom is 0.249 e. The standard InChI is InChI=1S/C26H22N4O4/c27-15-3-7-19(25(29)33)21(11-15)17-5-1-13(9-23(17)31)14-2-6-18(24(32)10-14)22-12-16(28)4-8-20(22)26(30)34/h1-12,31-32H,27-28H2,(H2,29,33)(H2,30,34). The van der Waals surface area contributed by atoms with E-state index >= 15 is 0 Å². The number of carbonyl (C=O) groups is 2. The fraction of sp³-hybridized carbons (Fsp3) is 0. The zero-order valence-electron chi connectivity index (χ0n) is 17.9. The van der Waals surface area contributed by atoms with Gasteiger partial charge in [0.1, 0.15) is 11.5 Å². The summed E-state index contributed by atoms with van der Waals surface area (Å²) in [5, 5.41) is 21.4. The van der Waals surface area contributed by atoms with Gasteiger partial charge in [0.25, 0.3) is 0 Å².